The van der Waals surface area contributed by atoms with Crippen LogP contribution in [0.4, 0.5) is 0 Å². The van der Waals surface area contributed by atoms with Gasteiger partial charge in [-0.1, -0.05) is 6.07 Å². The van der Waals surface area contributed by atoms with Crippen molar-refractivity contribution in [2.24, 2.45) is 0 Å². The Morgan fingerprint density at radius 3 is 2.63 bits per heavy atom. The zero-order valence-electron chi connectivity index (χ0n) is 10.6. The van der Waals surface area contributed by atoms with Gasteiger partial charge in [-0.2, -0.15) is 0 Å². The number of hydrogen-bond donors (Lipinski definition) is 0. The first-order valence-electron chi connectivity index (χ1n) is 5.87. The predicted octanol–water partition coefficient (Wildman–Crippen LogP) is 3.90. The first kappa shape index (κ1) is 12.2. The van der Waals surface area contributed by atoms with Crippen molar-refractivity contribution in [3.8, 4) is 11.6 Å². The number of halogens is 1. The molecule has 3 rings (SSSR count). The molecule has 19 heavy (non-hydrogen) atoms. The van der Waals surface area contributed by atoms with Crippen LogP contribution in [0.25, 0.3) is 5.65 Å². The van der Waals surface area contributed by atoms with Gasteiger partial charge in [0.25, 0.3) is 5.88 Å². The molecular formula is C14H12BrN3O. The van der Waals surface area contributed by atoms with E-state index in [0.29, 0.717) is 16.1 Å². The molecular weight excluding hydrogens is 306 g/mol. The minimum Gasteiger partial charge on any atom is -0.436 e. The van der Waals surface area contributed by atoms with E-state index in [4.69, 9.17) is 4.74 Å². The largest absolute Gasteiger partial charge is 0.436 e. The number of hydrogen-bond acceptors (Lipinski definition) is 3. The van der Waals surface area contributed by atoms with Gasteiger partial charge in [-0.3, -0.25) is 4.40 Å². The van der Waals surface area contributed by atoms with Crippen molar-refractivity contribution in [1.82, 2.24) is 14.4 Å². The third-order valence-corrected chi connectivity index (χ3v) is 3.11. The standard InChI is InChI=1S/C14H12BrN3O/c1-9-5-10(2)7-11(6-9)19-14-13-16-3-4-18(13)8-12(15)17-14/h3-8H,1-2H3. The van der Waals surface area contributed by atoms with E-state index in [1.807, 2.05) is 42.8 Å². The van der Waals surface area contributed by atoms with Crippen molar-refractivity contribution in [3.63, 3.8) is 0 Å². The van der Waals surface area contributed by atoms with E-state index in [1.165, 1.54) is 0 Å². The minimum atomic E-state index is 0.490. The number of aromatic nitrogens is 3. The van der Waals surface area contributed by atoms with Crippen LogP contribution in [0.3, 0.4) is 0 Å². The molecule has 0 N–H and O–H groups in total. The number of nitrogens with zero attached hydrogens (tertiary/aromatic N) is 3. The van der Waals surface area contributed by atoms with Crippen molar-refractivity contribution < 1.29 is 4.74 Å². The average Bonchev–Trinajstić information content (AvgIpc) is 2.75. The molecule has 0 aliphatic carbocycles. The molecule has 0 aliphatic heterocycles. The van der Waals surface area contributed by atoms with Crippen molar-refractivity contribution in [2.75, 3.05) is 0 Å². The quantitative estimate of drug-likeness (QED) is 0.719. The summed E-state index contributed by atoms with van der Waals surface area (Å²) in [4.78, 5) is 8.59. The van der Waals surface area contributed by atoms with E-state index in [1.54, 1.807) is 6.20 Å². The molecule has 5 heteroatoms. The molecule has 2 heterocycles. The first-order valence-corrected chi connectivity index (χ1v) is 6.66. The maximum atomic E-state index is 5.87. The Labute approximate surface area is 119 Å². The fourth-order valence-electron chi connectivity index (χ4n) is 2.05. The predicted molar refractivity (Wildman–Crippen MR) is 76.7 cm³/mol. The molecule has 0 aliphatic rings. The normalized spacial score (nSPS) is 10.9. The molecule has 0 bridgehead atoms. The monoisotopic (exact) mass is 317 g/mol. The Bertz CT molecular complexity index is 731. The maximum Gasteiger partial charge on any atom is 0.264 e. The topological polar surface area (TPSA) is 39.4 Å². The van der Waals surface area contributed by atoms with Gasteiger partial charge in [0.1, 0.15) is 10.4 Å². The van der Waals surface area contributed by atoms with Gasteiger partial charge in [0, 0.05) is 18.6 Å². The van der Waals surface area contributed by atoms with Gasteiger partial charge in [0.05, 0.1) is 0 Å². The molecule has 0 saturated carbocycles. The fraction of sp³-hybridized carbons (Fsp3) is 0.143. The SMILES string of the molecule is Cc1cc(C)cc(Oc2nc(Br)cn3ccnc23)c1. The molecule has 0 radical (unpaired) electrons. The second-order valence-electron chi connectivity index (χ2n) is 4.45. The molecule has 0 fully saturated rings. The molecule has 4 nitrogen and oxygen atoms in total. The van der Waals surface area contributed by atoms with Gasteiger partial charge in [-0.25, -0.2) is 9.97 Å². The van der Waals surface area contributed by atoms with E-state index in [-0.39, 0.29) is 0 Å². The van der Waals surface area contributed by atoms with Gasteiger partial charge in [0.2, 0.25) is 5.65 Å². The summed E-state index contributed by atoms with van der Waals surface area (Å²) >= 11 is 3.37. The summed E-state index contributed by atoms with van der Waals surface area (Å²) in [7, 11) is 0. The van der Waals surface area contributed by atoms with E-state index in [0.717, 1.165) is 16.9 Å². The van der Waals surface area contributed by atoms with Gasteiger partial charge < -0.3 is 4.74 Å². The molecule has 1 aromatic carbocycles. The highest BCUT2D eigenvalue weighted by Gasteiger charge is 2.09. The van der Waals surface area contributed by atoms with Crippen LogP contribution in [-0.2, 0) is 0 Å². The lowest BCUT2D eigenvalue weighted by molar-refractivity contribution is 0.463. The molecule has 0 amide bonds. The lowest BCUT2D eigenvalue weighted by Gasteiger charge is -2.08. The Kier molecular flexibility index (Phi) is 2.98. The summed E-state index contributed by atoms with van der Waals surface area (Å²) in [5, 5.41) is 0. The Hall–Kier alpha value is -1.88. The van der Waals surface area contributed by atoms with Gasteiger partial charge in [-0.05, 0) is 53.0 Å². The van der Waals surface area contributed by atoms with E-state index >= 15 is 0 Å². The zero-order chi connectivity index (χ0) is 13.4. The Morgan fingerprint density at radius 1 is 1.16 bits per heavy atom. The summed E-state index contributed by atoms with van der Waals surface area (Å²) in [5.74, 6) is 1.26. The summed E-state index contributed by atoms with van der Waals surface area (Å²) in [6, 6.07) is 6.07. The van der Waals surface area contributed by atoms with Crippen molar-refractivity contribution in [1.29, 1.82) is 0 Å². The number of ether oxygens (including phenoxy) is 1. The van der Waals surface area contributed by atoms with Crippen LogP contribution in [-0.4, -0.2) is 14.4 Å². The van der Waals surface area contributed by atoms with E-state index in [2.05, 4.69) is 32.0 Å². The van der Waals surface area contributed by atoms with Crippen molar-refractivity contribution in [3.05, 3.63) is 52.5 Å². The summed E-state index contributed by atoms with van der Waals surface area (Å²) in [5.41, 5.74) is 3.01. The van der Waals surface area contributed by atoms with Crippen LogP contribution in [0.2, 0.25) is 0 Å². The highest BCUT2D eigenvalue weighted by atomic mass is 79.9. The molecule has 0 unspecified atom stereocenters. The second kappa shape index (κ2) is 4.66. The van der Waals surface area contributed by atoms with Crippen LogP contribution in [0, 0.1) is 13.8 Å². The highest BCUT2D eigenvalue weighted by molar-refractivity contribution is 9.10. The van der Waals surface area contributed by atoms with Gasteiger partial charge in [-0.15, -0.1) is 0 Å². The number of aryl methyl sites for hydroxylation is 2. The van der Waals surface area contributed by atoms with Gasteiger partial charge >= 0.3 is 0 Å². The maximum absolute atomic E-state index is 5.87. The molecule has 3 aromatic rings. The first-order chi connectivity index (χ1) is 9.11. The Balaban J connectivity index is 2.07. The number of imidazole rings is 1. The van der Waals surface area contributed by atoms with Crippen LogP contribution >= 0.6 is 15.9 Å². The average molecular weight is 318 g/mol. The molecule has 0 atom stereocenters. The van der Waals surface area contributed by atoms with E-state index < -0.39 is 0 Å². The van der Waals surface area contributed by atoms with Crippen LogP contribution in [0.15, 0.2) is 41.4 Å². The lowest BCUT2D eigenvalue weighted by atomic mass is 10.1. The second-order valence-corrected chi connectivity index (χ2v) is 5.26. The van der Waals surface area contributed by atoms with Crippen molar-refractivity contribution in [2.45, 2.75) is 13.8 Å². The van der Waals surface area contributed by atoms with E-state index in [9.17, 15) is 0 Å². The van der Waals surface area contributed by atoms with Crippen LogP contribution < -0.4 is 4.74 Å². The van der Waals surface area contributed by atoms with Crippen LogP contribution in [0.1, 0.15) is 11.1 Å². The third-order valence-electron chi connectivity index (χ3n) is 2.72. The number of fused-ring (bicyclic) bond motifs is 1. The van der Waals surface area contributed by atoms with Crippen molar-refractivity contribution >= 4 is 21.6 Å². The molecule has 0 spiro atoms. The molecule has 96 valence electrons. The fourth-order valence-corrected chi connectivity index (χ4v) is 2.43. The Morgan fingerprint density at radius 2 is 1.89 bits per heavy atom. The number of rotatable bonds is 2. The van der Waals surface area contributed by atoms with Crippen LogP contribution in [0.5, 0.6) is 11.6 Å². The molecule has 2 aromatic heterocycles. The summed E-state index contributed by atoms with van der Waals surface area (Å²) in [6.07, 6.45) is 5.42. The minimum absolute atomic E-state index is 0.490. The number of benzene rings is 1. The zero-order valence-corrected chi connectivity index (χ0v) is 12.2. The van der Waals surface area contributed by atoms with Gasteiger partial charge in [0.15, 0.2) is 0 Å². The third kappa shape index (κ3) is 2.46. The summed E-state index contributed by atoms with van der Waals surface area (Å²) in [6.45, 7) is 4.08. The lowest BCUT2D eigenvalue weighted by Crippen LogP contribution is -1.95. The molecule has 0 saturated heterocycles. The summed E-state index contributed by atoms with van der Waals surface area (Å²) < 4.78 is 8.44. The smallest absolute Gasteiger partial charge is 0.264 e. The highest BCUT2D eigenvalue weighted by Crippen LogP contribution is 2.26.